The van der Waals surface area contributed by atoms with Gasteiger partial charge in [-0.15, -0.1) is 0 Å². The number of nitro groups is 1. The molecule has 1 amide bonds. The molecule has 0 unspecified atom stereocenters. The largest absolute Gasteiger partial charge is 0.481 e. The van der Waals surface area contributed by atoms with Crippen LogP contribution in [-0.2, 0) is 4.79 Å². The maximum Gasteiger partial charge on any atom is 0.296 e. The highest BCUT2D eigenvalue weighted by Gasteiger charge is 2.31. The first-order chi connectivity index (χ1) is 9.76. The van der Waals surface area contributed by atoms with Gasteiger partial charge in [0.1, 0.15) is 5.69 Å². The third-order valence-electron chi connectivity index (χ3n) is 3.56. The molecule has 0 bridgehead atoms. The van der Waals surface area contributed by atoms with E-state index in [1.807, 2.05) is 0 Å². The van der Waals surface area contributed by atoms with Gasteiger partial charge in [-0.2, -0.15) is 0 Å². The van der Waals surface area contributed by atoms with E-state index in [9.17, 15) is 20.0 Å². The van der Waals surface area contributed by atoms with E-state index in [4.69, 9.17) is 4.74 Å². The molecule has 1 aliphatic heterocycles. The van der Waals surface area contributed by atoms with E-state index in [2.05, 4.69) is 5.32 Å². The number of aliphatic hydroxyl groups is 1. The van der Waals surface area contributed by atoms with Crippen LogP contribution in [0.1, 0.15) is 13.8 Å². The third kappa shape index (κ3) is 2.75. The van der Waals surface area contributed by atoms with Gasteiger partial charge in [-0.05, 0) is 19.9 Å². The molecular formula is C13H17N3O5. The molecule has 8 heteroatoms. The molecule has 0 spiro atoms. The van der Waals surface area contributed by atoms with Crippen molar-refractivity contribution in [1.82, 2.24) is 0 Å². The molecule has 0 atom stereocenters. The normalized spacial score (nSPS) is 14.0. The van der Waals surface area contributed by atoms with Crippen molar-refractivity contribution < 1.29 is 19.6 Å². The molecule has 1 aromatic carbocycles. The Morgan fingerprint density at radius 3 is 2.76 bits per heavy atom. The van der Waals surface area contributed by atoms with E-state index < -0.39 is 10.5 Å². The molecule has 2 rings (SSSR count). The van der Waals surface area contributed by atoms with E-state index in [1.54, 1.807) is 25.8 Å². The van der Waals surface area contributed by atoms with Gasteiger partial charge >= 0.3 is 0 Å². The van der Waals surface area contributed by atoms with Crippen LogP contribution in [0.4, 0.5) is 17.1 Å². The lowest BCUT2D eigenvalue weighted by atomic mass is 10.0. The lowest BCUT2D eigenvalue weighted by Crippen LogP contribution is -2.44. The quantitative estimate of drug-likeness (QED) is 0.637. The highest BCUT2D eigenvalue weighted by molar-refractivity contribution is 5.97. The molecule has 0 aromatic heterocycles. The summed E-state index contributed by atoms with van der Waals surface area (Å²) >= 11 is 0. The molecule has 1 heterocycles. The zero-order valence-electron chi connectivity index (χ0n) is 12.0. The number of nitrogens with one attached hydrogen (secondary N) is 1. The number of nitro benzene ring substituents is 1. The number of aliphatic hydroxyl groups excluding tert-OH is 1. The molecule has 0 radical (unpaired) electrons. The van der Waals surface area contributed by atoms with Crippen molar-refractivity contribution in [2.24, 2.45) is 0 Å². The molecule has 0 saturated carbocycles. The Bertz CT molecular complexity index is 600. The number of carbonyl (C=O) groups excluding carboxylic acids is 1. The molecule has 8 nitrogen and oxygen atoms in total. The van der Waals surface area contributed by atoms with Gasteiger partial charge in [0.05, 0.1) is 28.8 Å². The summed E-state index contributed by atoms with van der Waals surface area (Å²) in [7, 11) is 1.65. The number of fused-ring (bicyclic) bond motifs is 1. The third-order valence-corrected chi connectivity index (χ3v) is 3.56. The smallest absolute Gasteiger partial charge is 0.296 e. The fourth-order valence-corrected chi connectivity index (χ4v) is 1.95. The van der Waals surface area contributed by atoms with E-state index in [1.165, 1.54) is 12.1 Å². The summed E-state index contributed by atoms with van der Waals surface area (Å²) in [5.41, 5.74) is -0.164. The summed E-state index contributed by atoms with van der Waals surface area (Å²) in [6.45, 7) is 3.17. The lowest BCUT2D eigenvalue weighted by molar-refractivity contribution is -0.384. The number of amides is 1. The first kappa shape index (κ1) is 15.0. The van der Waals surface area contributed by atoms with Crippen molar-refractivity contribution in [2.75, 3.05) is 30.5 Å². The molecule has 2 N–H and O–H groups in total. The number of likely N-dealkylation sites (N-methyl/N-ethyl adjacent to an activating group) is 1. The van der Waals surface area contributed by atoms with Crippen LogP contribution in [0, 0.1) is 10.1 Å². The van der Waals surface area contributed by atoms with E-state index in [0.29, 0.717) is 11.4 Å². The van der Waals surface area contributed by atoms with Gasteiger partial charge < -0.3 is 20.1 Å². The minimum atomic E-state index is -0.696. The van der Waals surface area contributed by atoms with Gasteiger partial charge in [-0.25, -0.2) is 0 Å². The number of hydrogen-bond acceptors (Lipinski definition) is 6. The van der Waals surface area contributed by atoms with Crippen LogP contribution >= 0.6 is 0 Å². The van der Waals surface area contributed by atoms with E-state index in [-0.39, 0.29) is 30.6 Å². The first-order valence-electron chi connectivity index (χ1n) is 6.36. The maximum atomic E-state index is 11.4. The SMILES string of the molecule is CN(c1cc2c(cc1[N+](=O)[O-])OCC(=O)N2)C(C)(C)CO. The number of anilines is 2. The van der Waals surface area contributed by atoms with Crippen LogP contribution in [0.25, 0.3) is 0 Å². The Balaban J connectivity index is 2.55. The minimum absolute atomic E-state index is 0.145. The Labute approximate surface area is 121 Å². The van der Waals surface area contributed by atoms with Crippen molar-refractivity contribution in [3.8, 4) is 5.75 Å². The topological polar surface area (TPSA) is 105 Å². The minimum Gasteiger partial charge on any atom is -0.481 e. The lowest BCUT2D eigenvalue weighted by Gasteiger charge is -2.36. The molecule has 0 fully saturated rings. The Morgan fingerprint density at radius 1 is 1.52 bits per heavy atom. The number of benzene rings is 1. The summed E-state index contributed by atoms with van der Waals surface area (Å²) in [4.78, 5) is 23.7. The van der Waals surface area contributed by atoms with Gasteiger partial charge in [0.2, 0.25) is 0 Å². The van der Waals surface area contributed by atoms with Gasteiger partial charge in [0.15, 0.2) is 12.4 Å². The number of ether oxygens (including phenoxy) is 1. The predicted molar refractivity (Wildman–Crippen MR) is 76.8 cm³/mol. The number of nitrogens with zero attached hydrogens (tertiary/aromatic N) is 2. The van der Waals surface area contributed by atoms with Crippen LogP contribution < -0.4 is 15.0 Å². The zero-order chi connectivity index (χ0) is 15.8. The van der Waals surface area contributed by atoms with Gasteiger partial charge in [0, 0.05) is 7.05 Å². The maximum absolute atomic E-state index is 11.4. The molecule has 1 aliphatic rings. The van der Waals surface area contributed by atoms with Gasteiger partial charge in [-0.3, -0.25) is 14.9 Å². The standard InChI is InChI=1S/C13H17N3O5/c1-13(2,7-17)15(3)9-4-8-11(5-10(9)16(19)20)21-6-12(18)14-8/h4-5,17H,6-7H2,1-3H3,(H,14,18). The summed E-state index contributed by atoms with van der Waals surface area (Å²) in [6, 6.07) is 2.77. The first-order valence-corrected chi connectivity index (χ1v) is 6.36. The van der Waals surface area contributed by atoms with Crippen LogP contribution in [0.3, 0.4) is 0 Å². The van der Waals surface area contributed by atoms with E-state index in [0.717, 1.165) is 0 Å². The Morgan fingerprint density at radius 2 is 2.19 bits per heavy atom. The number of rotatable bonds is 4. The number of hydrogen-bond donors (Lipinski definition) is 2. The van der Waals surface area contributed by atoms with Crippen molar-refractivity contribution in [2.45, 2.75) is 19.4 Å². The molecule has 21 heavy (non-hydrogen) atoms. The highest BCUT2D eigenvalue weighted by atomic mass is 16.6. The molecule has 1 aromatic rings. The van der Waals surface area contributed by atoms with Crippen LogP contribution in [0.15, 0.2) is 12.1 Å². The fourth-order valence-electron chi connectivity index (χ4n) is 1.95. The molecule has 0 saturated heterocycles. The summed E-state index contributed by atoms with van der Waals surface area (Å²) in [5, 5.41) is 23.3. The fraction of sp³-hybridized carbons (Fsp3) is 0.462. The average molecular weight is 295 g/mol. The Kier molecular flexibility index (Phi) is 3.73. The van der Waals surface area contributed by atoms with Crippen LogP contribution in [-0.4, -0.2) is 41.7 Å². The molecular weight excluding hydrogens is 278 g/mol. The summed E-state index contributed by atoms with van der Waals surface area (Å²) in [5.74, 6) is -0.0494. The molecule has 114 valence electrons. The second-order valence-electron chi connectivity index (χ2n) is 5.46. The summed E-state index contributed by atoms with van der Waals surface area (Å²) in [6.07, 6.45) is 0. The van der Waals surface area contributed by atoms with Crippen LogP contribution in [0.5, 0.6) is 5.75 Å². The predicted octanol–water partition coefficient (Wildman–Crippen LogP) is 1.13. The van der Waals surface area contributed by atoms with Gasteiger partial charge in [-0.1, -0.05) is 0 Å². The number of carbonyl (C=O) groups is 1. The average Bonchev–Trinajstić information content (AvgIpc) is 2.44. The van der Waals surface area contributed by atoms with Crippen molar-refractivity contribution >= 4 is 23.0 Å². The second-order valence-corrected chi connectivity index (χ2v) is 5.46. The summed E-state index contributed by atoms with van der Waals surface area (Å²) < 4.78 is 5.19. The van der Waals surface area contributed by atoms with Crippen LogP contribution in [0.2, 0.25) is 0 Å². The van der Waals surface area contributed by atoms with Crippen molar-refractivity contribution in [1.29, 1.82) is 0 Å². The van der Waals surface area contributed by atoms with E-state index >= 15 is 0 Å². The highest BCUT2D eigenvalue weighted by Crippen LogP contribution is 2.40. The second kappa shape index (κ2) is 5.21. The molecule has 0 aliphatic carbocycles. The zero-order valence-corrected chi connectivity index (χ0v) is 12.0. The Hall–Kier alpha value is -2.35. The monoisotopic (exact) mass is 295 g/mol. The van der Waals surface area contributed by atoms with Gasteiger partial charge in [0.25, 0.3) is 11.6 Å². The van der Waals surface area contributed by atoms with Crippen molar-refractivity contribution in [3.05, 3.63) is 22.2 Å². The van der Waals surface area contributed by atoms with Crippen molar-refractivity contribution in [3.63, 3.8) is 0 Å².